The Morgan fingerprint density at radius 3 is 2.85 bits per heavy atom. The van der Waals surface area contributed by atoms with E-state index in [1.807, 2.05) is 18.2 Å². The second-order valence-electron chi connectivity index (χ2n) is 4.96. The maximum Gasteiger partial charge on any atom is 0.263 e. The Morgan fingerprint density at radius 1 is 1.15 bits per heavy atom. The van der Waals surface area contributed by atoms with Crippen LogP contribution < -0.4 is 10.3 Å². The Hall–Kier alpha value is -2.36. The first kappa shape index (κ1) is 12.7. The van der Waals surface area contributed by atoms with Crippen molar-refractivity contribution in [2.24, 2.45) is 0 Å². The summed E-state index contributed by atoms with van der Waals surface area (Å²) >= 11 is 0. The Bertz CT molecular complexity index is 691. The fourth-order valence-corrected chi connectivity index (χ4v) is 2.63. The van der Waals surface area contributed by atoms with Gasteiger partial charge < -0.3 is 9.88 Å². The van der Waals surface area contributed by atoms with Gasteiger partial charge in [-0.3, -0.25) is 9.59 Å². The molecule has 2 heterocycles. The van der Waals surface area contributed by atoms with Crippen LogP contribution in [0.5, 0.6) is 0 Å². The SMILES string of the molecule is O=C(c1c[nH]ccc1=O)N1CCCCc2ccccc21. The highest BCUT2D eigenvalue weighted by Gasteiger charge is 2.23. The van der Waals surface area contributed by atoms with Gasteiger partial charge in [-0.15, -0.1) is 0 Å². The van der Waals surface area contributed by atoms with Crippen molar-refractivity contribution in [3.05, 3.63) is 64.1 Å². The quantitative estimate of drug-likeness (QED) is 0.863. The topological polar surface area (TPSA) is 53.2 Å². The molecule has 102 valence electrons. The Labute approximate surface area is 117 Å². The van der Waals surface area contributed by atoms with Gasteiger partial charge in [0.25, 0.3) is 5.91 Å². The lowest BCUT2D eigenvalue weighted by atomic mass is 10.1. The number of para-hydroxylation sites is 1. The van der Waals surface area contributed by atoms with Gasteiger partial charge in [-0.1, -0.05) is 18.2 Å². The molecule has 3 rings (SSSR count). The van der Waals surface area contributed by atoms with Gasteiger partial charge in [0.05, 0.1) is 0 Å². The molecule has 0 saturated heterocycles. The molecule has 4 nitrogen and oxygen atoms in total. The van der Waals surface area contributed by atoms with E-state index in [-0.39, 0.29) is 16.9 Å². The van der Waals surface area contributed by atoms with Crippen LogP contribution in [0.1, 0.15) is 28.8 Å². The first-order chi connectivity index (χ1) is 9.77. The predicted molar refractivity (Wildman–Crippen MR) is 78.1 cm³/mol. The summed E-state index contributed by atoms with van der Waals surface area (Å²) in [6.07, 6.45) is 6.01. The van der Waals surface area contributed by atoms with Gasteiger partial charge in [0.2, 0.25) is 0 Å². The standard InChI is InChI=1S/C16H16N2O2/c19-15-8-9-17-11-13(15)16(20)18-10-4-3-6-12-5-1-2-7-14(12)18/h1-2,5,7-9,11H,3-4,6,10H2,(H,17,19). The number of amides is 1. The van der Waals surface area contributed by atoms with Crippen molar-refractivity contribution in [3.63, 3.8) is 0 Å². The molecular formula is C16H16N2O2. The maximum absolute atomic E-state index is 12.6. The summed E-state index contributed by atoms with van der Waals surface area (Å²) in [5, 5.41) is 0. The second kappa shape index (κ2) is 5.33. The van der Waals surface area contributed by atoms with Crippen LogP contribution in [-0.2, 0) is 6.42 Å². The van der Waals surface area contributed by atoms with E-state index in [9.17, 15) is 9.59 Å². The molecule has 2 aromatic rings. The van der Waals surface area contributed by atoms with Crippen molar-refractivity contribution in [2.75, 3.05) is 11.4 Å². The van der Waals surface area contributed by atoms with Gasteiger partial charge in [0.1, 0.15) is 5.56 Å². The zero-order valence-electron chi connectivity index (χ0n) is 11.1. The first-order valence-electron chi connectivity index (χ1n) is 6.84. The molecule has 0 atom stereocenters. The van der Waals surface area contributed by atoms with E-state index in [1.165, 1.54) is 24.0 Å². The molecule has 1 aliphatic rings. The van der Waals surface area contributed by atoms with E-state index < -0.39 is 0 Å². The largest absolute Gasteiger partial charge is 0.367 e. The lowest BCUT2D eigenvalue weighted by molar-refractivity contribution is 0.0985. The van der Waals surface area contributed by atoms with E-state index in [0.29, 0.717) is 6.54 Å². The van der Waals surface area contributed by atoms with E-state index in [2.05, 4.69) is 11.1 Å². The Morgan fingerprint density at radius 2 is 2.00 bits per heavy atom. The van der Waals surface area contributed by atoms with Crippen molar-refractivity contribution >= 4 is 11.6 Å². The molecule has 1 aliphatic heterocycles. The monoisotopic (exact) mass is 268 g/mol. The van der Waals surface area contributed by atoms with Crippen molar-refractivity contribution in [1.29, 1.82) is 0 Å². The summed E-state index contributed by atoms with van der Waals surface area (Å²) in [7, 11) is 0. The number of H-pyrrole nitrogens is 1. The van der Waals surface area contributed by atoms with E-state index >= 15 is 0 Å². The molecule has 1 aromatic carbocycles. The van der Waals surface area contributed by atoms with Crippen molar-refractivity contribution in [2.45, 2.75) is 19.3 Å². The number of aromatic nitrogens is 1. The number of nitrogens with one attached hydrogen (secondary N) is 1. The van der Waals surface area contributed by atoms with Crippen molar-refractivity contribution < 1.29 is 4.79 Å². The van der Waals surface area contributed by atoms with Crippen LogP contribution in [-0.4, -0.2) is 17.4 Å². The molecule has 20 heavy (non-hydrogen) atoms. The number of aryl methyl sites for hydroxylation is 1. The zero-order valence-corrected chi connectivity index (χ0v) is 11.1. The number of nitrogens with zero attached hydrogens (tertiary/aromatic N) is 1. The highest BCUT2D eigenvalue weighted by molar-refractivity contribution is 6.06. The molecule has 0 unspecified atom stereocenters. The summed E-state index contributed by atoms with van der Waals surface area (Å²) in [5.74, 6) is -0.221. The van der Waals surface area contributed by atoms with E-state index in [0.717, 1.165) is 24.9 Å². The number of aromatic amines is 1. The molecule has 0 radical (unpaired) electrons. The summed E-state index contributed by atoms with van der Waals surface area (Å²) in [4.78, 5) is 29.0. The van der Waals surface area contributed by atoms with Gasteiger partial charge in [0.15, 0.2) is 5.43 Å². The number of pyridine rings is 1. The molecule has 0 bridgehead atoms. The summed E-state index contributed by atoms with van der Waals surface area (Å²) in [5.41, 5.74) is 2.06. The highest BCUT2D eigenvalue weighted by Crippen LogP contribution is 2.26. The van der Waals surface area contributed by atoms with Crippen LogP contribution >= 0.6 is 0 Å². The van der Waals surface area contributed by atoms with Crippen LogP contribution in [0.4, 0.5) is 5.69 Å². The van der Waals surface area contributed by atoms with Gasteiger partial charge >= 0.3 is 0 Å². The van der Waals surface area contributed by atoms with Crippen LogP contribution in [0.15, 0.2) is 47.5 Å². The van der Waals surface area contributed by atoms with Crippen LogP contribution in [0.25, 0.3) is 0 Å². The normalized spacial score (nSPS) is 14.5. The smallest absolute Gasteiger partial charge is 0.263 e. The molecule has 4 heteroatoms. The maximum atomic E-state index is 12.6. The Balaban J connectivity index is 2.04. The third kappa shape index (κ3) is 2.25. The van der Waals surface area contributed by atoms with Crippen LogP contribution in [0, 0.1) is 0 Å². The molecule has 0 fully saturated rings. The lowest BCUT2D eigenvalue weighted by Crippen LogP contribution is -2.34. The molecule has 1 aromatic heterocycles. The first-order valence-corrected chi connectivity index (χ1v) is 6.84. The highest BCUT2D eigenvalue weighted by atomic mass is 16.2. The number of anilines is 1. The van der Waals surface area contributed by atoms with E-state index in [4.69, 9.17) is 0 Å². The molecule has 0 aliphatic carbocycles. The third-order valence-corrected chi connectivity index (χ3v) is 3.66. The minimum Gasteiger partial charge on any atom is -0.367 e. The number of hydrogen-bond acceptors (Lipinski definition) is 2. The van der Waals surface area contributed by atoms with Gasteiger partial charge in [-0.25, -0.2) is 0 Å². The summed E-state index contributed by atoms with van der Waals surface area (Å²) in [6, 6.07) is 9.31. The average Bonchev–Trinajstić information content (AvgIpc) is 2.69. The van der Waals surface area contributed by atoms with Crippen molar-refractivity contribution in [1.82, 2.24) is 4.98 Å². The molecule has 1 amide bonds. The number of fused-ring (bicyclic) bond motifs is 1. The lowest BCUT2D eigenvalue weighted by Gasteiger charge is -2.22. The fraction of sp³-hybridized carbons (Fsp3) is 0.250. The third-order valence-electron chi connectivity index (χ3n) is 3.66. The zero-order chi connectivity index (χ0) is 13.9. The second-order valence-corrected chi connectivity index (χ2v) is 4.96. The van der Waals surface area contributed by atoms with Crippen molar-refractivity contribution in [3.8, 4) is 0 Å². The van der Waals surface area contributed by atoms with Crippen LogP contribution in [0.2, 0.25) is 0 Å². The number of hydrogen-bond donors (Lipinski definition) is 1. The molecule has 1 N–H and O–H groups in total. The predicted octanol–water partition coefficient (Wildman–Crippen LogP) is 2.36. The van der Waals surface area contributed by atoms with Gasteiger partial charge in [0, 0.05) is 30.7 Å². The van der Waals surface area contributed by atoms with Gasteiger partial charge in [-0.05, 0) is 30.9 Å². The van der Waals surface area contributed by atoms with E-state index in [1.54, 1.807) is 4.90 Å². The number of rotatable bonds is 1. The number of carbonyl (C=O) groups is 1. The molecule has 0 saturated carbocycles. The summed E-state index contributed by atoms with van der Waals surface area (Å²) in [6.45, 7) is 0.657. The number of carbonyl (C=O) groups excluding carboxylic acids is 1. The van der Waals surface area contributed by atoms with Crippen LogP contribution in [0.3, 0.4) is 0 Å². The number of benzene rings is 1. The fourth-order valence-electron chi connectivity index (χ4n) is 2.63. The minimum absolute atomic E-state index is 0.198. The molecule has 0 spiro atoms. The summed E-state index contributed by atoms with van der Waals surface area (Å²) < 4.78 is 0. The Kier molecular flexibility index (Phi) is 3.37. The minimum atomic E-state index is -0.240. The average molecular weight is 268 g/mol. The molecular weight excluding hydrogens is 252 g/mol. The van der Waals surface area contributed by atoms with Gasteiger partial charge in [-0.2, -0.15) is 0 Å².